The maximum atomic E-state index is 12.9. The molecular weight excluding hydrogens is 506 g/mol. The molecule has 40 heavy (non-hydrogen) atoms. The van der Waals surface area contributed by atoms with Gasteiger partial charge in [0.25, 0.3) is 0 Å². The van der Waals surface area contributed by atoms with Crippen LogP contribution in [0.4, 0.5) is 0 Å². The standard InChI is InChI=1S/C33H25NO6/c1-33(2,3)40-29-11-9-21-15-25(7-5-23(21)17-29)32(37)39-30-13-12-28(18-26(30)19-34)38-31(36)24-6-4-22-16-27(35)10-8-20(22)14-24/h4-18,35H,1-3H3. The first kappa shape index (κ1) is 26.3. The Kier molecular flexibility index (Phi) is 6.85. The maximum Gasteiger partial charge on any atom is 0.343 e. The second-order valence-corrected chi connectivity index (χ2v) is 10.2. The molecule has 0 saturated carbocycles. The Labute approximate surface area is 230 Å². The van der Waals surface area contributed by atoms with Crippen LogP contribution in [0.25, 0.3) is 21.5 Å². The molecule has 0 amide bonds. The number of ether oxygens (including phenoxy) is 3. The number of phenols is 1. The first-order valence-electron chi connectivity index (χ1n) is 12.5. The largest absolute Gasteiger partial charge is 0.508 e. The summed E-state index contributed by atoms with van der Waals surface area (Å²) < 4.78 is 16.9. The van der Waals surface area contributed by atoms with Crippen LogP contribution >= 0.6 is 0 Å². The third kappa shape index (κ3) is 5.87. The molecule has 0 fully saturated rings. The number of aromatic hydroxyl groups is 1. The highest BCUT2D eigenvalue weighted by Crippen LogP contribution is 2.28. The Morgan fingerprint density at radius 1 is 0.675 bits per heavy atom. The fraction of sp³-hybridized carbons (Fsp3) is 0.121. The van der Waals surface area contributed by atoms with E-state index in [1.165, 1.54) is 24.3 Å². The highest BCUT2D eigenvalue weighted by atomic mass is 16.5. The van der Waals surface area contributed by atoms with Gasteiger partial charge in [0.05, 0.1) is 16.7 Å². The molecule has 0 radical (unpaired) electrons. The number of benzene rings is 5. The summed E-state index contributed by atoms with van der Waals surface area (Å²) in [5.74, 6) is -0.196. The van der Waals surface area contributed by atoms with E-state index in [9.17, 15) is 20.0 Å². The first-order valence-corrected chi connectivity index (χ1v) is 12.5. The van der Waals surface area contributed by atoms with Crippen molar-refractivity contribution in [2.45, 2.75) is 26.4 Å². The monoisotopic (exact) mass is 531 g/mol. The lowest BCUT2D eigenvalue weighted by atomic mass is 10.1. The first-order chi connectivity index (χ1) is 19.1. The van der Waals surface area contributed by atoms with Crippen molar-refractivity contribution in [3.63, 3.8) is 0 Å². The van der Waals surface area contributed by atoms with Crippen molar-refractivity contribution in [2.24, 2.45) is 0 Å². The zero-order valence-electron chi connectivity index (χ0n) is 22.1. The molecule has 0 saturated heterocycles. The molecule has 0 bridgehead atoms. The molecule has 5 aromatic carbocycles. The molecule has 198 valence electrons. The highest BCUT2D eigenvalue weighted by molar-refractivity contribution is 5.98. The molecule has 5 rings (SSSR count). The Balaban J connectivity index is 1.30. The van der Waals surface area contributed by atoms with Gasteiger partial charge in [0.1, 0.15) is 34.7 Å². The maximum absolute atomic E-state index is 12.9. The fourth-order valence-corrected chi connectivity index (χ4v) is 4.20. The van der Waals surface area contributed by atoms with Crippen LogP contribution < -0.4 is 14.2 Å². The van der Waals surface area contributed by atoms with E-state index in [1.807, 2.05) is 51.1 Å². The lowest BCUT2D eigenvalue weighted by Crippen LogP contribution is -2.22. The van der Waals surface area contributed by atoms with Crippen LogP contribution in [0.1, 0.15) is 47.1 Å². The molecular formula is C33H25NO6. The minimum atomic E-state index is -0.625. The predicted molar refractivity (Wildman–Crippen MR) is 151 cm³/mol. The molecule has 0 aliphatic carbocycles. The number of carbonyl (C=O) groups is 2. The van der Waals surface area contributed by atoms with Crippen molar-refractivity contribution in [1.29, 1.82) is 5.26 Å². The SMILES string of the molecule is CC(C)(C)Oc1ccc2cc(C(=O)Oc3ccc(OC(=O)c4ccc5cc(O)ccc5c4)cc3C#N)ccc2c1. The van der Waals surface area contributed by atoms with Gasteiger partial charge in [-0.2, -0.15) is 5.26 Å². The second kappa shape index (κ2) is 10.4. The van der Waals surface area contributed by atoms with Crippen LogP contribution in [-0.4, -0.2) is 22.6 Å². The lowest BCUT2D eigenvalue weighted by molar-refractivity contribution is 0.0719. The molecule has 0 spiro atoms. The third-order valence-electron chi connectivity index (χ3n) is 6.02. The smallest absolute Gasteiger partial charge is 0.343 e. The Morgan fingerprint density at radius 2 is 1.23 bits per heavy atom. The molecule has 0 aromatic heterocycles. The predicted octanol–water partition coefficient (Wildman–Crippen LogP) is 7.19. The van der Waals surface area contributed by atoms with Crippen LogP contribution in [0.15, 0.2) is 91.0 Å². The van der Waals surface area contributed by atoms with Crippen LogP contribution in [0.3, 0.4) is 0 Å². The summed E-state index contributed by atoms with van der Waals surface area (Å²) in [5, 5.41) is 22.6. The molecule has 0 heterocycles. The van der Waals surface area contributed by atoms with Gasteiger partial charge in [0.2, 0.25) is 0 Å². The Hall–Kier alpha value is -5.35. The van der Waals surface area contributed by atoms with E-state index in [-0.39, 0.29) is 28.4 Å². The van der Waals surface area contributed by atoms with Gasteiger partial charge in [-0.15, -0.1) is 0 Å². The van der Waals surface area contributed by atoms with Crippen molar-refractivity contribution in [3.8, 4) is 29.1 Å². The van der Waals surface area contributed by atoms with E-state index in [0.29, 0.717) is 11.1 Å². The van der Waals surface area contributed by atoms with E-state index in [4.69, 9.17) is 14.2 Å². The van der Waals surface area contributed by atoms with Crippen molar-refractivity contribution >= 4 is 33.5 Å². The number of hydrogen-bond donors (Lipinski definition) is 1. The van der Waals surface area contributed by atoms with E-state index in [1.54, 1.807) is 42.5 Å². The lowest BCUT2D eigenvalue weighted by Gasteiger charge is -2.21. The third-order valence-corrected chi connectivity index (χ3v) is 6.02. The number of nitriles is 1. The molecule has 7 heteroatoms. The summed E-state index contributed by atoms with van der Waals surface area (Å²) in [6.45, 7) is 5.92. The average Bonchev–Trinajstić information content (AvgIpc) is 2.92. The number of hydrogen-bond acceptors (Lipinski definition) is 7. The van der Waals surface area contributed by atoms with Gasteiger partial charge in [-0.05, 0) is 103 Å². The van der Waals surface area contributed by atoms with Gasteiger partial charge >= 0.3 is 11.9 Å². The minimum Gasteiger partial charge on any atom is -0.508 e. The Bertz CT molecular complexity index is 1830. The molecule has 7 nitrogen and oxygen atoms in total. The molecule has 0 aliphatic heterocycles. The van der Waals surface area contributed by atoms with Crippen LogP contribution in [0, 0.1) is 11.3 Å². The van der Waals surface area contributed by atoms with Gasteiger partial charge in [0, 0.05) is 6.07 Å². The molecule has 0 unspecified atom stereocenters. The van der Waals surface area contributed by atoms with Crippen molar-refractivity contribution in [2.75, 3.05) is 0 Å². The van der Waals surface area contributed by atoms with E-state index < -0.39 is 11.9 Å². The van der Waals surface area contributed by atoms with E-state index in [0.717, 1.165) is 27.3 Å². The van der Waals surface area contributed by atoms with E-state index in [2.05, 4.69) is 0 Å². The number of fused-ring (bicyclic) bond motifs is 2. The number of phenolic OH excluding ortho intramolecular Hbond substituents is 1. The zero-order chi connectivity index (χ0) is 28.4. The van der Waals surface area contributed by atoms with Gasteiger partial charge in [-0.3, -0.25) is 0 Å². The minimum absolute atomic E-state index is 0.0393. The topological polar surface area (TPSA) is 106 Å². The van der Waals surface area contributed by atoms with Crippen molar-refractivity contribution in [1.82, 2.24) is 0 Å². The Morgan fingerprint density at radius 3 is 1.88 bits per heavy atom. The summed E-state index contributed by atoms with van der Waals surface area (Å²) in [7, 11) is 0. The number of nitrogens with zero attached hydrogens (tertiary/aromatic N) is 1. The zero-order valence-corrected chi connectivity index (χ0v) is 22.1. The van der Waals surface area contributed by atoms with Crippen LogP contribution in [-0.2, 0) is 0 Å². The summed E-state index contributed by atoms with van der Waals surface area (Å²) in [6, 6.07) is 26.8. The average molecular weight is 532 g/mol. The van der Waals surface area contributed by atoms with Gasteiger partial charge < -0.3 is 19.3 Å². The summed E-state index contributed by atoms with van der Waals surface area (Å²) >= 11 is 0. The molecule has 0 aliphatic rings. The van der Waals surface area contributed by atoms with Crippen LogP contribution in [0.2, 0.25) is 0 Å². The molecule has 0 atom stereocenters. The van der Waals surface area contributed by atoms with Gasteiger partial charge in [0.15, 0.2) is 0 Å². The fourth-order valence-electron chi connectivity index (χ4n) is 4.20. The van der Waals surface area contributed by atoms with Crippen molar-refractivity contribution in [3.05, 3.63) is 108 Å². The van der Waals surface area contributed by atoms with Gasteiger partial charge in [-0.25, -0.2) is 9.59 Å². The van der Waals surface area contributed by atoms with E-state index >= 15 is 0 Å². The van der Waals surface area contributed by atoms with Gasteiger partial charge in [-0.1, -0.05) is 24.3 Å². The quantitative estimate of drug-likeness (QED) is 0.189. The summed E-state index contributed by atoms with van der Waals surface area (Å²) in [6.07, 6.45) is 0. The van der Waals surface area contributed by atoms with Crippen molar-refractivity contribution < 1.29 is 28.9 Å². The number of esters is 2. The van der Waals surface area contributed by atoms with Crippen LogP contribution in [0.5, 0.6) is 23.0 Å². The number of carbonyl (C=O) groups excluding carboxylic acids is 2. The number of rotatable bonds is 5. The normalized spacial score (nSPS) is 11.2. The molecule has 1 N–H and O–H groups in total. The summed E-state index contributed by atoms with van der Waals surface area (Å²) in [4.78, 5) is 25.6. The summed E-state index contributed by atoms with van der Waals surface area (Å²) in [5.41, 5.74) is 0.338. The molecule has 5 aromatic rings. The highest BCUT2D eigenvalue weighted by Gasteiger charge is 2.17. The second-order valence-electron chi connectivity index (χ2n) is 10.2.